The molecule has 1 amide bonds. The molecule has 0 saturated carbocycles. The fraction of sp³-hybridized carbons (Fsp3) is 0.571. The lowest BCUT2D eigenvalue weighted by Gasteiger charge is -2.32. The summed E-state index contributed by atoms with van der Waals surface area (Å²) in [6, 6.07) is 0. The van der Waals surface area contributed by atoms with Gasteiger partial charge in [0, 0.05) is 37.5 Å². The lowest BCUT2D eigenvalue weighted by Crippen LogP contribution is -2.41. The first kappa shape index (κ1) is 13.6. The molecule has 1 fully saturated rings. The minimum atomic E-state index is 0.151. The fourth-order valence-corrected chi connectivity index (χ4v) is 3.56. The quantitative estimate of drug-likeness (QED) is 0.930. The standard InChI is InChI=1S/C14H19N3O2S/c18-6-3-11-2-1-4-16(9-11)13(19)8-12-10-17-5-7-20-14(17)15-12/h5,7,10-11,18H,1-4,6,8-9H2. The Labute approximate surface area is 121 Å². The van der Waals surface area contributed by atoms with Crippen molar-refractivity contribution in [1.82, 2.24) is 14.3 Å². The maximum Gasteiger partial charge on any atom is 0.228 e. The molecule has 0 radical (unpaired) electrons. The van der Waals surface area contributed by atoms with Gasteiger partial charge in [-0.3, -0.25) is 9.20 Å². The highest BCUT2D eigenvalue weighted by Crippen LogP contribution is 2.20. The molecule has 2 aromatic heterocycles. The van der Waals surface area contributed by atoms with Crippen molar-refractivity contribution >= 4 is 22.2 Å². The van der Waals surface area contributed by atoms with E-state index in [0.29, 0.717) is 12.3 Å². The van der Waals surface area contributed by atoms with Crippen LogP contribution in [0.2, 0.25) is 0 Å². The second-order valence-corrected chi connectivity index (χ2v) is 6.24. The number of fused-ring (bicyclic) bond motifs is 1. The van der Waals surface area contributed by atoms with Gasteiger partial charge in [0.05, 0.1) is 12.1 Å². The summed E-state index contributed by atoms with van der Waals surface area (Å²) in [5.41, 5.74) is 0.839. The Morgan fingerprint density at radius 1 is 1.55 bits per heavy atom. The number of thiazole rings is 1. The molecule has 0 aromatic carbocycles. The molecule has 108 valence electrons. The van der Waals surface area contributed by atoms with Gasteiger partial charge >= 0.3 is 0 Å². The Hall–Kier alpha value is -1.40. The van der Waals surface area contributed by atoms with E-state index >= 15 is 0 Å². The van der Waals surface area contributed by atoms with Crippen LogP contribution < -0.4 is 0 Å². The van der Waals surface area contributed by atoms with Crippen molar-refractivity contribution in [1.29, 1.82) is 0 Å². The van der Waals surface area contributed by atoms with Gasteiger partial charge in [0.1, 0.15) is 0 Å². The van der Waals surface area contributed by atoms with Crippen LogP contribution in [0.1, 0.15) is 25.0 Å². The molecule has 1 unspecified atom stereocenters. The molecule has 1 aliphatic heterocycles. The molecule has 1 aliphatic rings. The minimum absolute atomic E-state index is 0.151. The molecule has 0 spiro atoms. The Bertz CT molecular complexity index is 562. The second kappa shape index (κ2) is 5.93. The second-order valence-electron chi connectivity index (χ2n) is 5.36. The van der Waals surface area contributed by atoms with Crippen LogP contribution in [0.25, 0.3) is 4.96 Å². The fourth-order valence-electron chi connectivity index (χ4n) is 2.84. The van der Waals surface area contributed by atoms with Crippen molar-refractivity contribution in [2.75, 3.05) is 19.7 Å². The average Bonchev–Trinajstić information content (AvgIpc) is 3.00. The Balaban J connectivity index is 1.62. The van der Waals surface area contributed by atoms with E-state index in [1.54, 1.807) is 11.3 Å². The van der Waals surface area contributed by atoms with Crippen molar-refractivity contribution in [3.8, 4) is 0 Å². The zero-order chi connectivity index (χ0) is 13.9. The lowest BCUT2D eigenvalue weighted by atomic mass is 9.95. The summed E-state index contributed by atoms with van der Waals surface area (Å²) in [5, 5.41) is 11.0. The number of aliphatic hydroxyl groups is 1. The summed E-state index contributed by atoms with van der Waals surface area (Å²) < 4.78 is 1.96. The number of imidazole rings is 1. The zero-order valence-corrected chi connectivity index (χ0v) is 12.2. The van der Waals surface area contributed by atoms with E-state index in [1.807, 2.05) is 27.1 Å². The van der Waals surface area contributed by atoms with Crippen molar-refractivity contribution in [3.05, 3.63) is 23.5 Å². The number of piperidine rings is 1. The van der Waals surface area contributed by atoms with Crippen molar-refractivity contribution in [3.63, 3.8) is 0 Å². The van der Waals surface area contributed by atoms with Gasteiger partial charge in [0.15, 0.2) is 4.96 Å². The number of aromatic nitrogens is 2. The number of carbonyl (C=O) groups is 1. The molecule has 0 bridgehead atoms. The highest BCUT2D eigenvalue weighted by atomic mass is 32.1. The van der Waals surface area contributed by atoms with Crippen LogP contribution in [0, 0.1) is 5.92 Å². The molecule has 5 nitrogen and oxygen atoms in total. The van der Waals surface area contributed by atoms with Crippen LogP contribution in [-0.4, -0.2) is 45.0 Å². The summed E-state index contributed by atoms with van der Waals surface area (Å²) in [6.45, 7) is 1.83. The van der Waals surface area contributed by atoms with Gasteiger partial charge in [-0.05, 0) is 25.2 Å². The summed E-state index contributed by atoms with van der Waals surface area (Å²) >= 11 is 1.58. The van der Waals surface area contributed by atoms with Gasteiger partial charge < -0.3 is 10.0 Å². The van der Waals surface area contributed by atoms with Crippen molar-refractivity contribution < 1.29 is 9.90 Å². The first-order valence-corrected chi connectivity index (χ1v) is 7.94. The number of likely N-dealkylation sites (tertiary alicyclic amines) is 1. The van der Waals surface area contributed by atoms with Crippen LogP contribution >= 0.6 is 11.3 Å². The van der Waals surface area contributed by atoms with Crippen LogP contribution in [-0.2, 0) is 11.2 Å². The Morgan fingerprint density at radius 3 is 3.25 bits per heavy atom. The van der Waals surface area contributed by atoms with E-state index < -0.39 is 0 Å². The van der Waals surface area contributed by atoms with Crippen LogP contribution in [0.4, 0.5) is 0 Å². The number of hydrogen-bond donors (Lipinski definition) is 1. The molecule has 20 heavy (non-hydrogen) atoms. The Kier molecular flexibility index (Phi) is 4.03. The molecule has 3 heterocycles. The number of rotatable bonds is 4. The molecule has 1 N–H and O–H groups in total. The number of nitrogens with zero attached hydrogens (tertiary/aromatic N) is 3. The average molecular weight is 293 g/mol. The molecule has 3 rings (SSSR count). The third kappa shape index (κ3) is 2.86. The number of amides is 1. The van der Waals surface area contributed by atoms with E-state index in [4.69, 9.17) is 5.11 Å². The van der Waals surface area contributed by atoms with Crippen LogP contribution in [0.5, 0.6) is 0 Å². The molecular weight excluding hydrogens is 274 g/mol. The minimum Gasteiger partial charge on any atom is -0.396 e. The molecule has 0 aliphatic carbocycles. The summed E-state index contributed by atoms with van der Waals surface area (Å²) in [5.74, 6) is 0.599. The maximum atomic E-state index is 12.3. The number of carbonyl (C=O) groups excluding carboxylic acids is 1. The molecule has 1 atom stereocenters. The van der Waals surface area contributed by atoms with E-state index in [0.717, 1.165) is 43.0 Å². The highest BCUT2D eigenvalue weighted by molar-refractivity contribution is 7.15. The van der Waals surface area contributed by atoms with Crippen LogP contribution in [0.3, 0.4) is 0 Å². The largest absolute Gasteiger partial charge is 0.396 e. The first-order valence-electron chi connectivity index (χ1n) is 7.06. The molecule has 2 aromatic rings. The van der Waals surface area contributed by atoms with Crippen molar-refractivity contribution in [2.24, 2.45) is 5.92 Å². The number of hydrogen-bond acceptors (Lipinski definition) is 4. The monoisotopic (exact) mass is 293 g/mol. The molecule has 1 saturated heterocycles. The topological polar surface area (TPSA) is 57.8 Å². The van der Waals surface area contributed by atoms with E-state index in [1.165, 1.54) is 0 Å². The zero-order valence-electron chi connectivity index (χ0n) is 11.4. The predicted octanol–water partition coefficient (Wildman–Crippen LogP) is 1.56. The van der Waals surface area contributed by atoms with E-state index in [2.05, 4.69) is 4.98 Å². The molecule has 6 heteroatoms. The maximum absolute atomic E-state index is 12.3. The summed E-state index contributed by atoms with van der Waals surface area (Å²) in [4.78, 5) is 19.7. The van der Waals surface area contributed by atoms with Gasteiger partial charge in [-0.15, -0.1) is 11.3 Å². The van der Waals surface area contributed by atoms with E-state index in [-0.39, 0.29) is 12.5 Å². The normalized spacial score (nSPS) is 19.6. The smallest absolute Gasteiger partial charge is 0.228 e. The third-order valence-electron chi connectivity index (χ3n) is 3.88. The van der Waals surface area contributed by atoms with Gasteiger partial charge in [-0.1, -0.05) is 0 Å². The van der Waals surface area contributed by atoms with Gasteiger partial charge in [-0.2, -0.15) is 0 Å². The lowest BCUT2D eigenvalue weighted by molar-refractivity contribution is -0.132. The number of aliphatic hydroxyl groups excluding tert-OH is 1. The Morgan fingerprint density at radius 2 is 2.45 bits per heavy atom. The van der Waals surface area contributed by atoms with Gasteiger partial charge in [0.2, 0.25) is 5.91 Å². The van der Waals surface area contributed by atoms with Gasteiger partial charge in [0.25, 0.3) is 0 Å². The first-order chi connectivity index (χ1) is 9.76. The summed E-state index contributed by atoms with van der Waals surface area (Å²) in [7, 11) is 0. The predicted molar refractivity (Wildman–Crippen MR) is 77.8 cm³/mol. The molecular formula is C14H19N3O2S. The van der Waals surface area contributed by atoms with Gasteiger partial charge in [-0.25, -0.2) is 4.98 Å². The SMILES string of the molecule is O=C(Cc1cn2ccsc2n1)N1CCCC(CCO)C1. The van der Waals surface area contributed by atoms with E-state index in [9.17, 15) is 4.79 Å². The van der Waals surface area contributed by atoms with Crippen LogP contribution in [0.15, 0.2) is 17.8 Å². The third-order valence-corrected chi connectivity index (χ3v) is 4.66. The summed E-state index contributed by atoms with van der Waals surface area (Å²) in [6.07, 6.45) is 7.21. The van der Waals surface area contributed by atoms with Crippen molar-refractivity contribution in [2.45, 2.75) is 25.7 Å². The highest BCUT2D eigenvalue weighted by Gasteiger charge is 2.23.